The third kappa shape index (κ3) is 2.90. The van der Waals surface area contributed by atoms with Crippen LogP contribution in [-0.4, -0.2) is 29.4 Å². The predicted molar refractivity (Wildman–Crippen MR) is 83.7 cm³/mol. The summed E-state index contributed by atoms with van der Waals surface area (Å²) in [4.78, 5) is 12.4. The lowest BCUT2D eigenvalue weighted by Gasteiger charge is -2.18. The molecule has 1 aromatic carbocycles. The Labute approximate surface area is 130 Å². The first-order chi connectivity index (χ1) is 10.6. The van der Waals surface area contributed by atoms with Gasteiger partial charge in [-0.25, -0.2) is 4.68 Å². The van der Waals surface area contributed by atoms with Gasteiger partial charge in [0.05, 0.1) is 29.9 Å². The molecule has 1 heterocycles. The lowest BCUT2D eigenvalue weighted by atomic mass is 10.1. The summed E-state index contributed by atoms with van der Waals surface area (Å²) in [5.74, 6) is 0.0781. The average Bonchev–Trinajstić information content (AvgIpc) is 3.15. The number of benzene rings is 1. The van der Waals surface area contributed by atoms with E-state index < -0.39 is 0 Å². The molecule has 1 aromatic heterocycles. The lowest BCUT2D eigenvalue weighted by Crippen LogP contribution is -2.36. The molecule has 0 saturated heterocycles. The molecule has 0 bridgehead atoms. The number of carbonyl (C=O) groups excluding carboxylic acids is 1. The second-order valence-electron chi connectivity index (χ2n) is 5.96. The molecule has 1 fully saturated rings. The summed E-state index contributed by atoms with van der Waals surface area (Å²) >= 11 is 0. The molecule has 1 aliphatic rings. The fourth-order valence-corrected chi connectivity index (χ4v) is 2.58. The zero-order chi connectivity index (χ0) is 15.6. The maximum absolute atomic E-state index is 12.4. The van der Waals surface area contributed by atoms with Crippen molar-refractivity contribution in [2.45, 2.75) is 25.8 Å². The van der Waals surface area contributed by atoms with Crippen LogP contribution in [0, 0.1) is 5.41 Å². The van der Waals surface area contributed by atoms with Crippen molar-refractivity contribution in [3.63, 3.8) is 0 Å². The molecule has 116 valence electrons. The van der Waals surface area contributed by atoms with Crippen LogP contribution in [0.3, 0.4) is 0 Å². The Kier molecular flexibility index (Phi) is 3.98. The van der Waals surface area contributed by atoms with Gasteiger partial charge in [-0.3, -0.25) is 4.79 Å². The zero-order valence-electron chi connectivity index (χ0n) is 13.0. The van der Waals surface area contributed by atoms with Gasteiger partial charge in [-0.05, 0) is 31.9 Å². The smallest absolute Gasteiger partial charge is 0.229 e. The van der Waals surface area contributed by atoms with Crippen molar-refractivity contribution < 1.29 is 9.53 Å². The SMILES string of the molecule is COCC1(C(=O)N[C@H](C)c2cnn(-c3ccccc3)c2)CC1. The summed E-state index contributed by atoms with van der Waals surface area (Å²) in [7, 11) is 1.64. The van der Waals surface area contributed by atoms with E-state index >= 15 is 0 Å². The Bertz CT molecular complexity index is 647. The van der Waals surface area contributed by atoms with E-state index in [2.05, 4.69) is 10.4 Å². The standard InChI is InChI=1S/C17H21N3O2/c1-13(19-16(21)17(8-9-17)12-22-2)14-10-18-20(11-14)15-6-4-3-5-7-15/h3-7,10-11,13H,8-9,12H2,1-2H3,(H,19,21)/t13-/m1/s1. The van der Waals surface area contributed by atoms with E-state index in [0.29, 0.717) is 6.61 Å². The highest BCUT2D eigenvalue weighted by Gasteiger charge is 2.50. The molecular formula is C17H21N3O2. The number of hydrogen-bond donors (Lipinski definition) is 1. The summed E-state index contributed by atoms with van der Waals surface area (Å²) in [6, 6.07) is 9.85. The number of amides is 1. The van der Waals surface area contributed by atoms with Crippen LogP contribution in [0.25, 0.3) is 5.69 Å². The summed E-state index contributed by atoms with van der Waals surface area (Å²) in [6.45, 7) is 2.47. The number of methoxy groups -OCH3 is 1. The molecular weight excluding hydrogens is 278 g/mol. The first-order valence-electron chi connectivity index (χ1n) is 7.54. The van der Waals surface area contributed by atoms with Crippen LogP contribution in [-0.2, 0) is 9.53 Å². The van der Waals surface area contributed by atoms with E-state index in [1.165, 1.54) is 0 Å². The number of hydrogen-bond acceptors (Lipinski definition) is 3. The predicted octanol–water partition coefficient (Wildman–Crippen LogP) is 2.48. The van der Waals surface area contributed by atoms with E-state index in [4.69, 9.17) is 4.74 Å². The van der Waals surface area contributed by atoms with Gasteiger partial charge in [-0.2, -0.15) is 5.10 Å². The molecule has 2 aromatic rings. The van der Waals surface area contributed by atoms with Gasteiger partial charge in [0.15, 0.2) is 0 Å². The van der Waals surface area contributed by atoms with Gasteiger partial charge in [0.2, 0.25) is 5.91 Å². The third-order valence-corrected chi connectivity index (χ3v) is 4.23. The zero-order valence-corrected chi connectivity index (χ0v) is 13.0. The van der Waals surface area contributed by atoms with Gasteiger partial charge < -0.3 is 10.1 Å². The van der Waals surface area contributed by atoms with Crippen molar-refractivity contribution in [3.8, 4) is 5.69 Å². The minimum absolute atomic E-state index is 0.0701. The summed E-state index contributed by atoms with van der Waals surface area (Å²) in [5.41, 5.74) is 1.69. The molecule has 1 aliphatic carbocycles. The van der Waals surface area contributed by atoms with Crippen LogP contribution >= 0.6 is 0 Å². The van der Waals surface area contributed by atoms with Crippen LogP contribution in [0.2, 0.25) is 0 Å². The molecule has 22 heavy (non-hydrogen) atoms. The van der Waals surface area contributed by atoms with Crippen molar-refractivity contribution in [1.29, 1.82) is 0 Å². The van der Waals surface area contributed by atoms with Crippen molar-refractivity contribution in [2.75, 3.05) is 13.7 Å². The molecule has 1 atom stereocenters. The lowest BCUT2D eigenvalue weighted by molar-refractivity contribution is -0.128. The highest BCUT2D eigenvalue weighted by Crippen LogP contribution is 2.46. The van der Waals surface area contributed by atoms with Crippen molar-refractivity contribution in [3.05, 3.63) is 48.3 Å². The summed E-state index contributed by atoms with van der Waals surface area (Å²) in [5, 5.41) is 7.45. The number of carbonyl (C=O) groups is 1. The number of aromatic nitrogens is 2. The first kappa shape index (κ1) is 14.8. The number of para-hydroxylation sites is 1. The fourth-order valence-electron chi connectivity index (χ4n) is 2.58. The second-order valence-corrected chi connectivity index (χ2v) is 5.96. The maximum atomic E-state index is 12.4. The molecule has 1 saturated carbocycles. The average molecular weight is 299 g/mol. The van der Waals surface area contributed by atoms with E-state index in [1.54, 1.807) is 13.3 Å². The number of nitrogens with zero attached hydrogens (tertiary/aromatic N) is 2. The van der Waals surface area contributed by atoms with E-state index in [-0.39, 0.29) is 17.4 Å². The summed E-state index contributed by atoms with van der Waals surface area (Å²) < 4.78 is 6.98. The molecule has 0 radical (unpaired) electrons. The Morgan fingerprint density at radius 2 is 2.14 bits per heavy atom. The normalized spacial score (nSPS) is 17.0. The Hall–Kier alpha value is -2.14. The molecule has 5 heteroatoms. The number of nitrogens with one attached hydrogen (secondary N) is 1. The van der Waals surface area contributed by atoms with Gasteiger partial charge in [0.25, 0.3) is 0 Å². The molecule has 0 aliphatic heterocycles. The van der Waals surface area contributed by atoms with Crippen LogP contribution in [0.5, 0.6) is 0 Å². The molecule has 3 rings (SSSR count). The van der Waals surface area contributed by atoms with Gasteiger partial charge in [-0.15, -0.1) is 0 Å². The van der Waals surface area contributed by atoms with Crippen molar-refractivity contribution >= 4 is 5.91 Å². The monoisotopic (exact) mass is 299 g/mol. The topological polar surface area (TPSA) is 56.1 Å². The van der Waals surface area contributed by atoms with Gasteiger partial charge in [0.1, 0.15) is 0 Å². The van der Waals surface area contributed by atoms with Crippen LogP contribution in [0.15, 0.2) is 42.7 Å². The minimum Gasteiger partial charge on any atom is -0.384 e. The van der Waals surface area contributed by atoms with Gasteiger partial charge >= 0.3 is 0 Å². The second kappa shape index (κ2) is 5.93. The Balaban J connectivity index is 1.67. The van der Waals surface area contributed by atoms with E-state index in [1.807, 2.05) is 48.1 Å². The third-order valence-electron chi connectivity index (χ3n) is 4.23. The first-order valence-corrected chi connectivity index (χ1v) is 7.54. The largest absolute Gasteiger partial charge is 0.384 e. The van der Waals surface area contributed by atoms with Crippen molar-refractivity contribution in [2.24, 2.45) is 5.41 Å². The van der Waals surface area contributed by atoms with Crippen molar-refractivity contribution in [1.82, 2.24) is 15.1 Å². The Morgan fingerprint density at radius 3 is 2.77 bits per heavy atom. The van der Waals surface area contributed by atoms with E-state index in [9.17, 15) is 4.79 Å². The van der Waals surface area contributed by atoms with Crippen LogP contribution in [0.1, 0.15) is 31.4 Å². The van der Waals surface area contributed by atoms with Gasteiger partial charge in [0, 0.05) is 18.9 Å². The molecule has 0 spiro atoms. The quantitative estimate of drug-likeness (QED) is 0.891. The fraction of sp³-hybridized carbons (Fsp3) is 0.412. The minimum atomic E-state index is -0.307. The van der Waals surface area contributed by atoms with Gasteiger partial charge in [-0.1, -0.05) is 18.2 Å². The molecule has 1 N–H and O–H groups in total. The van der Waals surface area contributed by atoms with Crippen LogP contribution in [0.4, 0.5) is 0 Å². The molecule has 0 unspecified atom stereocenters. The summed E-state index contributed by atoms with van der Waals surface area (Å²) in [6.07, 6.45) is 5.56. The molecule has 1 amide bonds. The highest BCUT2D eigenvalue weighted by atomic mass is 16.5. The van der Waals surface area contributed by atoms with Crippen LogP contribution < -0.4 is 5.32 Å². The van der Waals surface area contributed by atoms with E-state index in [0.717, 1.165) is 24.1 Å². The highest BCUT2D eigenvalue weighted by molar-refractivity contribution is 5.85. The number of ether oxygens (including phenoxy) is 1. The maximum Gasteiger partial charge on any atom is 0.229 e. The Morgan fingerprint density at radius 1 is 1.41 bits per heavy atom. The molecule has 5 nitrogen and oxygen atoms in total. The number of rotatable bonds is 6.